The number of rotatable bonds is 9. The van der Waals surface area contributed by atoms with Gasteiger partial charge in [0, 0.05) is 18.3 Å². The highest BCUT2D eigenvalue weighted by molar-refractivity contribution is 6.59. The Morgan fingerprint density at radius 3 is 1.87 bits per heavy atom. The van der Waals surface area contributed by atoms with Gasteiger partial charge in [0.15, 0.2) is 17.5 Å². The third-order valence-corrected chi connectivity index (χ3v) is 5.76. The van der Waals surface area contributed by atoms with Crippen LogP contribution in [0.1, 0.15) is 46.1 Å². The van der Waals surface area contributed by atoms with E-state index in [1.54, 1.807) is 0 Å². The number of hydrogen-bond donors (Lipinski definition) is 1. The Labute approximate surface area is 136 Å². The van der Waals surface area contributed by atoms with Gasteiger partial charge < -0.3 is 13.6 Å². The van der Waals surface area contributed by atoms with Crippen LogP contribution in [-0.4, -0.2) is 25.8 Å². The molecule has 0 atom stereocenters. The summed E-state index contributed by atoms with van der Waals surface area (Å²) in [6.45, 7) is 7.30. The molecule has 1 rings (SSSR count). The third-order valence-electron chi connectivity index (χ3n) is 3.09. The van der Waals surface area contributed by atoms with Gasteiger partial charge in [0.1, 0.15) is 0 Å². The van der Waals surface area contributed by atoms with E-state index in [0.29, 0.717) is 30.9 Å². The molecule has 0 aliphatic carbocycles. The SMILES string of the molecule is CC(C)O[Si](O)(CCCCc1cc(F)c(F)c(F)c1)OC(C)C. The molecule has 0 saturated carbocycles. The van der Waals surface area contributed by atoms with Crippen molar-refractivity contribution in [3.05, 3.63) is 35.1 Å². The molecular weight excluding hydrogens is 325 g/mol. The fourth-order valence-electron chi connectivity index (χ4n) is 2.31. The average molecular weight is 350 g/mol. The highest BCUT2D eigenvalue weighted by Gasteiger charge is 2.38. The Morgan fingerprint density at radius 1 is 0.957 bits per heavy atom. The van der Waals surface area contributed by atoms with Crippen LogP contribution in [0.5, 0.6) is 0 Å². The van der Waals surface area contributed by atoms with Gasteiger partial charge in [-0.05, 0) is 64.7 Å². The fraction of sp³-hybridized carbons (Fsp3) is 0.625. The smallest absolute Gasteiger partial charge is 0.390 e. The third kappa shape index (κ3) is 7.03. The summed E-state index contributed by atoms with van der Waals surface area (Å²) in [7, 11) is -3.25. The highest BCUT2D eigenvalue weighted by Crippen LogP contribution is 2.20. The van der Waals surface area contributed by atoms with Crippen LogP contribution in [0.15, 0.2) is 12.1 Å². The molecule has 7 heteroatoms. The topological polar surface area (TPSA) is 38.7 Å². The van der Waals surface area contributed by atoms with Gasteiger partial charge >= 0.3 is 8.80 Å². The Hall–Kier alpha value is -0.893. The lowest BCUT2D eigenvalue weighted by atomic mass is 10.1. The first kappa shape index (κ1) is 20.2. The lowest BCUT2D eigenvalue weighted by Gasteiger charge is -2.28. The summed E-state index contributed by atoms with van der Waals surface area (Å²) < 4.78 is 50.3. The van der Waals surface area contributed by atoms with E-state index in [0.717, 1.165) is 12.1 Å². The maximum atomic E-state index is 13.1. The van der Waals surface area contributed by atoms with Crippen LogP contribution in [0.2, 0.25) is 6.04 Å². The van der Waals surface area contributed by atoms with Crippen LogP contribution in [0.4, 0.5) is 13.2 Å². The molecule has 0 aliphatic rings. The Balaban J connectivity index is 2.53. The summed E-state index contributed by atoms with van der Waals surface area (Å²) in [5.41, 5.74) is 0.390. The second-order valence-corrected chi connectivity index (χ2v) is 8.52. The molecule has 0 unspecified atom stereocenters. The van der Waals surface area contributed by atoms with Gasteiger partial charge in [0.25, 0.3) is 0 Å². The van der Waals surface area contributed by atoms with Crippen LogP contribution in [0.25, 0.3) is 0 Å². The number of halogens is 3. The van der Waals surface area contributed by atoms with Gasteiger partial charge in [0.2, 0.25) is 0 Å². The van der Waals surface area contributed by atoms with Crippen molar-refractivity contribution in [3.8, 4) is 0 Å². The normalized spacial score (nSPS) is 12.4. The van der Waals surface area contributed by atoms with Crippen molar-refractivity contribution in [2.24, 2.45) is 0 Å². The predicted octanol–water partition coefficient (Wildman–Crippen LogP) is 4.21. The lowest BCUT2D eigenvalue weighted by Crippen LogP contribution is -2.46. The molecule has 132 valence electrons. The molecule has 0 bridgehead atoms. The largest absolute Gasteiger partial charge is 0.498 e. The van der Waals surface area contributed by atoms with Gasteiger partial charge in [-0.1, -0.05) is 0 Å². The zero-order valence-corrected chi connectivity index (χ0v) is 15.0. The molecule has 0 aromatic heterocycles. The molecule has 0 spiro atoms. The summed E-state index contributed by atoms with van der Waals surface area (Å²) >= 11 is 0. The molecular formula is C16H25F3O3Si. The lowest BCUT2D eigenvalue weighted by molar-refractivity contribution is 0.0472. The average Bonchev–Trinajstić information content (AvgIpc) is 2.39. The molecule has 3 nitrogen and oxygen atoms in total. The molecule has 0 aliphatic heterocycles. The van der Waals surface area contributed by atoms with E-state index in [2.05, 4.69) is 0 Å². The zero-order chi connectivity index (χ0) is 17.6. The van der Waals surface area contributed by atoms with Crippen LogP contribution in [0, 0.1) is 17.5 Å². The van der Waals surface area contributed by atoms with Crippen molar-refractivity contribution < 1.29 is 26.8 Å². The first-order valence-corrected chi connectivity index (χ1v) is 9.81. The second kappa shape index (κ2) is 8.82. The molecule has 0 amide bonds. The summed E-state index contributed by atoms with van der Waals surface area (Å²) in [6, 6.07) is 2.37. The van der Waals surface area contributed by atoms with E-state index in [4.69, 9.17) is 8.85 Å². The first-order chi connectivity index (χ1) is 10.6. The predicted molar refractivity (Wildman–Crippen MR) is 84.5 cm³/mol. The van der Waals surface area contributed by atoms with Crippen LogP contribution in [-0.2, 0) is 15.3 Å². The van der Waals surface area contributed by atoms with Gasteiger partial charge in [-0.2, -0.15) is 0 Å². The fourth-order valence-corrected chi connectivity index (χ4v) is 4.77. The Morgan fingerprint density at radius 2 is 1.43 bits per heavy atom. The minimum absolute atomic E-state index is 0.147. The molecule has 23 heavy (non-hydrogen) atoms. The van der Waals surface area contributed by atoms with Gasteiger partial charge in [0.05, 0.1) is 0 Å². The zero-order valence-electron chi connectivity index (χ0n) is 14.0. The molecule has 0 saturated heterocycles. The van der Waals surface area contributed by atoms with Crippen molar-refractivity contribution in [2.75, 3.05) is 0 Å². The summed E-state index contributed by atoms with van der Waals surface area (Å²) in [5.74, 6) is -3.82. The van der Waals surface area contributed by atoms with Crippen molar-refractivity contribution in [1.82, 2.24) is 0 Å². The van der Waals surface area contributed by atoms with Crippen LogP contribution < -0.4 is 0 Å². The van der Waals surface area contributed by atoms with Gasteiger partial charge in [-0.3, -0.25) is 0 Å². The van der Waals surface area contributed by atoms with Crippen molar-refractivity contribution in [1.29, 1.82) is 0 Å². The first-order valence-electron chi connectivity index (χ1n) is 7.84. The number of unbranched alkanes of at least 4 members (excludes halogenated alkanes) is 1. The molecule has 1 aromatic rings. The maximum absolute atomic E-state index is 13.1. The molecule has 1 N–H and O–H groups in total. The minimum Gasteiger partial charge on any atom is -0.390 e. The van der Waals surface area contributed by atoms with E-state index in [1.807, 2.05) is 27.7 Å². The summed E-state index contributed by atoms with van der Waals surface area (Å²) in [5, 5.41) is 0. The quantitative estimate of drug-likeness (QED) is 0.412. The van der Waals surface area contributed by atoms with E-state index in [1.165, 1.54) is 0 Å². The van der Waals surface area contributed by atoms with E-state index in [9.17, 15) is 18.0 Å². The summed E-state index contributed by atoms with van der Waals surface area (Å²) in [6.07, 6.45) is 1.27. The van der Waals surface area contributed by atoms with Crippen molar-refractivity contribution >= 4 is 8.80 Å². The van der Waals surface area contributed by atoms with E-state index >= 15 is 0 Å². The minimum atomic E-state index is -3.25. The molecule has 0 heterocycles. The standard InChI is InChI=1S/C16H25F3O3Si/c1-11(2)21-23(20,22-12(3)4)8-6-5-7-13-9-14(17)16(19)15(18)10-13/h9-12,20H,5-8H2,1-4H3. The van der Waals surface area contributed by atoms with E-state index in [-0.39, 0.29) is 12.2 Å². The second-order valence-electron chi connectivity index (χ2n) is 6.13. The Kier molecular flexibility index (Phi) is 7.73. The summed E-state index contributed by atoms with van der Waals surface area (Å²) in [4.78, 5) is 10.5. The highest BCUT2D eigenvalue weighted by atomic mass is 28.4. The molecule has 0 radical (unpaired) electrons. The van der Waals surface area contributed by atoms with Gasteiger partial charge in [-0.25, -0.2) is 13.2 Å². The molecule has 1 aromatic carbocycles. The van der Waals surface area contributed by atoms with Crippen molar-refractivity contribution in [2.45, 2.75) is 65.2 Å². The van der Waals surface area contributed by atoms with Gasteiger partial charge in [-0.15, -0.1) is 0 Å². The van der Waals surface area contributed by atoms with Crippen molar-refractivity contribution in [3.63, 3.8) is 0 Å². The van der Waals surface area contributed by atoms with Crippen LogP contribution in [0.3, 0.4) is 0 Å². The maximum Gasteiger partial charge on any atom is 0.498 e. The number of hydrogen-bond acceptors (Lipinski definition) is 3. The number of aryl methyl sites for hydroxylation is 1. The number of benzene rings is 1. The molecule has 0 fully saturated rings. The monoisotopic (exact) mass is 350 g/mol. The van der Waals surface area contributed by atoms with E-state index < -0.39 is 26.3 Å². The Bertz CT molecular complexity index is 476. The van der Waals surface area contributed by atoms with Crippen LogP contribution >= 0.6 is 0 Å².